The fourth-order valence-corrected chi connectivity index (χ4v) is 5.02. The number of halogens is 3. The van der Waals surface area contributed by atoms with Crippen LogP contribution in [0.5, 0.6) is 0 Å². The predicted octanol–water partition coefficient (Wildman–Crippen LogP) is 7.92. The van der Waals surface area contributed by atoms with E-state index < -0.39 is 17.5 Å². The lowest BCUT2D eigenvalue weighted by Crippen LogP contribution is -2.23. The molecule has 0 heterocycles. The molecule has 0 aromatic heterocycles. The molecule has 0 radical (unpaired) electrons. The number of aryl methyl sites for hydroxylation is 1. The summed E-state index contributed by atoms with van der Waals surface area (Å²) in [5.41, 5.74) is 2.96. The van der Waals surface area contributed by atoms with E-state index in [1.54, 1.807) is 0 Å². The van der Waals surface area contributed by atoms with Crippen LogP contribution in [0, 0.1) is 23.4 Å². The number of benzene rings is 3. The molecule has 0 N–H and O–H groups in total. The molecule has 3 heteroatoms. The van der Waals surface area contributed by atoms with Crippen LogP contribution in [0.4, 0.5) is 13.2 Å². The maximum atomic E-state index is 14.1. The number of rotatable bonds is 6. The molecule has 3 aromatic rings. The van der Waals surface area contributed by atoms with Crippen molar-refractivity contribution in [3.8, 4) is 0 Å². The Labute approximate surface area is 170 Å². The average Bonchev–Trinajstić information content (AvgIpc) is 2.74. The van der Waals surface area contributed by atoms with E-state index >= 15 is 0 Å². The van der Waals surface area contributed by atoms with Gasteiger partial charge in [0.25, 0.3) is 0 Å². The Balaban J connectivity index is 1.79. The van der Waals surface area contributed by atoms with Crippen molar-refractivity contribution in [2.24, 2.45) is 5.92 Å². The van der Waals surface area contributed by atoms with E-state index in [-0.39, 0.29) is 5.92 Å². The van der Waals surface area contributed by atoms with Gasteiger partial charge in [-0.15, -0.1) is 0 Å². The highest BCUT2D eigenvalue weighted by molar-refractivity contribution is 5.87. The zero-order valence-corrected chi connectivity index (χ0v) is 16.9. The highest BCUT2D eigenvalue weighted by atomic mass is 19.2. The van der Waals surface area contributed by atoms with Crippen molar-refractivity contribution in [1.29, 1.82) is 0 Å². The van der Waals surface area contributed by atoms with Gasteiger partial charge in [0.1, 0.15) is 0 Å². The van der Waals surface area contributed by atoms with Gasteiger partial charge in [-0.25, -0.2) is 13.2 Å². The first-order valence-electron chi connectivity index (χ1n) is 10.7. The summed E-state index contributed by atoms with van der Waals surface area (Å²) in [5.74, 6) is -3.38. The Morgan fingerprint density at radius 1 is 0.897 bits per heavy atom. The van der Waals surface area contributed by atoms with Crippen molar-refractivity contribution in [3.63, 3.8) is 0 Å². The Kier molecular flexibility index (Phi) is 5.94. The lowest BCUT2D eigenvalue weighted by molar-refractivity contribution is 0.364. The van der Waals surface area contributed by atoms with Crippen LogP contribution in [0.3, 0.4) is 0 Å². The first-order valence-corrected chi connectivity index (χ1v) is 10.7. The largest absolute Gasteiger partial charge is 0.204 e. The van der Waals surface area contributed by atoms with Gasteiger partial charge in [0, 0.05) is 5.92 Å². The van der Waals surface area contributed by atoms with Crippen LogP contribution in [0.15, 0.2) is 48.5 Å². The molecular formula is C26H27F3. The molecule has 4 rings (SSSR count). The van der Waals surface area contributed by atoms with E-state index in [0.717, 1.165) is 31.2 Å². The first kappa shape index (κ1) is 20.0. The highest BCUT2D eigenvalue weighted by Crippen LogP contribution is 2.45. The van der Waals surface area contributed by atoms with Gasteiger partial charge in [-0.2, -0.15) is 0 Å². The maximum absolute atomic E-state index is 14.1. The molecular weight excluding hydrogens is 369 g/mol. The van der Waals surface area contributed by atoms with E-state index in [1.165, 1.54) is 47.7 Å². The molecule has 0 amide bonds. The molecule has 2 atom stereocenters. The second-order valence-corrected chi connectivity index (χ2v) is 8.28. The van der Waals surface area contributed by atoms with Crippen molar-refractivity contribution in [1.82, 2.24) is 0 Å². The van der Waals surface area contributed by atoms with E-state index in [2.05, 4.69) is 31.2 Å². The van der Waals surface area contributed by atoms with Gasteiger partial charge in [-0.3, -0.25) is 0 Å². The smallest absolute Gasteiger partial charge is 0.194 e. The molecule has 1 aliphatic carbocycles. The fraction of sp³-hybridized carbons (Fsp3) is 0.385. The minimum atomic E-state index is -1.39. The summed E-state index contributed by atoms with van der Waals surface area (Å²) in [4.78, 5) is 0. The fourth-order valence-electron chi connectivity index (χ4n) is 5.02. The lowest BCUT2D eigenvalue weighted by Gasteiger charge is -2.35. The van der Waals surface area contributed by atoms with Crippen LogP contribution in [0.1, 0.15) is 68.1 Å². The first-order chi connectivity index (χ1) is 14.1. The van der Waals surface area contributed by atoms with Crippen molar-refractivity contribution in [3.05, 3.63) is 82.7 Å². The van der Waals surface area contributed by atoms with Gasteiger partial charge < -0.3 is 0 Å². The number of hydrogen-bond donors (Lipinski definition) is 0. The van der Waals surface area contributed by atoms with Crippen molar-refractivity contribution in [2.75, 3.05) is 0 Å². The zero-order chi connectivity index (χ0) is 20.4. The number of fused-ring (bicyclic) bond motifs is 3. The minimum Gasteiger partial charge on any atom is -0.204 e. The molecule has 0 saturated carbocycles. The zero-order valence-electron chi connectivity index (χ0n) is 16.9. The van der Waals surface area contributed by atoms with Gasteiger partial charge in [0.15, 0.2) is 17.5 Å². The SMILES string of the molecule is CCCCCC[C@@H]1CCc2c(ccc3ccccc23)[C@H]1c1cc(F)c(F)c(F)c1. The van der Waals surface area contributed by atoms with Crippen molar-refractivity contribution < 1.29 is 13.2 Å². The third kappa shape index (κ3) is 3.92. The molecule has 0 spiro atoms. The molecule has 29 heavy (non-hydrogen) atoms. The molecule has 3 aromatic carbocycles. The molecule has 0 aliphatic heterocycles. The Hall–Kier alpha value is -2.29. The molecule has 0 bridgehead atoms. The van der Waals surface area contributed by atoms with Gasteiger partial charge in [-0.05, 0) is 64.8 Å². The second-order valence-electron chi connectivity index (χ2n) is 8.28. The monoisotopic (exact) mass is 396 g/mol. The Morgan fingerprint density at radius 3 is 2.41 bits per heavy atom. The third-order valence-electron chi connectivity index (χ3n) is 6.44. The summed E-state index contributed by atoms with van der Waals surface area (Å²) in [5, 5.41) is 2.39. The standard InChI is InChI=1S/C26H27F3/c1-2-3-4-5-9-18-12-13-21-20-10-7-6-8-17(20)11-14-22(21)25(18)19-15-23(27)26(29)24(28)16-19/h6-8,10-11,14-16,18,25H,2-5,9,12-13H2,1H3/t18-,25-/m1/s1. The van der Waals surface area contributed by atoms with Crippen LogP contribution >= 0.6 is 0 Å². The van der Waals surface area contributed by atoms with Crippen LogP contribution < -0.4 is 0 Å². The maximum Gasteiger partial charge on any atom is 0.194 e. The second kappa shape index (κ2) is 8.61. The third-order valence-corrected chi connectivity index (χ3v) is 6.44. The average molecular weight is 396 g/mol. The number of unbranched alkanes of at least 4 members (excludes halogenated alkanes) is 3. The predicted molar refractivity (Wildman–Crippen MR) is 113 cm³/mol. The van der Waals surface area contributed by atoms with Crippen LogP contribution in [0.2, 0.25) is 0 Å². The van der Waals surface area contributed by atoms with E-state index in [0.29, 0.717) is 11.5 Å². The molecule has 0 unspecified atom stereocenters. The summed E-state index contributed by atoms with van der Waals surface area (Å²) in [7, 11) is 0. The lowest BCUT2D eigenvalue weighted by atomic mass is 9.69. The van der Waals surface area contributed by atoms with Gasteiger partial charge in [0.2, 0.25) is 0 Å². The summed E-state index contributed by atoms with van der Waals surface area (Å²) < 4.78 is 41.8. The highest BCUT2D eigenvalue weighted by Gasteiger charge is 2.32. The van der Waals surface area contributed by atoms with Crippen LogP contribution in [-0.4, -0.2) is 0 Å². The molecule has 0 saturated heterocycles. The van der Waals surface area contributed by atoms with Crippen molar-refractivity contribution >= 4 is 10.8 Å². The van der Waals surface area contributed by atoms with Gasteiger partial charge >= 0.3 is 0 Å². The Bertz CT molecular complexity index is 985. The molecule has 1 aliphatic rings. The van der Waals surface area contributed by atoms with E-state index in [9.17, 15) is 13.2 Å². The normalized spacial score (nSPS) is 18.8. The van der Waals surface area contributed by atoms with Gasteiger partial charge in [0.05, 0.1) is 0 Å². The summed E-state index contributed by atoms with van der Waals surface area (Å²) in [6, 6.07) is 14.9. The summed E-state index contributed by atoms with van der Waals surface area (Å²) in [6.45, 7) is 2.19. The molecule has 152 valence electrons. The van der Waals surface area contributed by atoms with Crippen LogP contribution in [-0.2, 0) is 6.42 Å². The van der Waals surface area contributed by atoms with E-state index in [1.807, 2.05) is 12.1 Å². The van der Waals surface area contributed by atoms with Gasteiger partial charge in [-0.1, -0.05) is 69.0 Å². The topological polar surface area (TPSA) is 0 Å². The number of hydrogen-bond acceptors (Lipinski definition) is 0. The summed E-state index contributed by atoms with van der Waals surface area (Å²) >= 11 is 0. The summed E-state index contributed by atoms with van der Waals surface area (Å²) in [6.07, 6.45) is 7.66. The molecule has 0 fully saturated rings. The Morgan fingerprint density at radius 2 is 1.66 bits per heavy atom. The minimum absolute atomic E-state index is 0.102. The quantitative estimate of drug-likeness (QED) is 0.293. The van der Waals surface area contributed by atoms with Crippen LogP contribution in [0.25, 0.3) is 10.8 Å². The van der Waals surface area contributed by atoms with E-state index in [4.69, 9.17) is 0 Å². The van der Waals surface area contributed by atoms with Crippen molar-refractivity contribution in [2.45, 2.75) is 57.8 Å². The molecule has 0 nitrogen and oxygen atoms in total.